The zero-order valence-electron chi connectivity index (χ0n) is 9.77. The molecule has 0 saturated heterocycles. The molecule has 2 aromatic rings. The second kappa shape index (κ2) is 5.96. The normalized spacial score (nSPS) is 10.2. The van der Waals surface area contributed by atoms with E-state index >= 15 is 0 Å². The number of nitrogens with zero attached hydrogens (tertiary/aromatic N) is 1. The van der Waals surface area contributed by atoms with Gasteiger partial charge in [-0.3, -0.25) is 10.1 Å². The Labute approximate surface area is 122 Å². The highest BCUT2D eigenvalue weighted by atomic mass is 127. The maximum Gasteiger partial charge on any atom is 0.274 e. The van der Waals surface area contributed by atoms with Crippen LogP contribution in [0.3, 0.4) is 0 Å². The molecule has 0 spiro atoms. The Morgan fingerprint density at radius 3 is 2.53 bits per heavy atom. The van der Waals surface area contributed by atoms with Gasteiger partial charge in [-0.05, 0) is 59.0 Å². The molecule has 0 fully saturated rings. The van der Waals surface area contributed by atoms with Crippen molar-refractivity contribution in [2.75, 3.05) is 5.32 Å². The third-order valence-electron chi connectivity index (χ3n) is 2.57. The van der Waals surface area contributed by atoms with Crippen LogP contribution in [-0.2, 0) is 6.54 Å². The lowest BCUT2D eigenvalue weighted by Crippen LogP contribution is -2.03. The van der Waals surface area contributed by atoms with Gasteiger partial charge in [0, 0.05) is 21.9 Å². The molecule has 2 rings (SSSR count). The van der Waals surface area contributed by atoms with Gasteiger partial charge in [0.15, 0.2) is 0 Å². The van der Waals surface area contributed by atoms with Crippen LogP contribution < -0.4 is 5.32 Å². The number of hydrogen-bond acceptors (Lipinski definition) is 3. The van der Waals surface area contributed by atoms with E-state index in [1.807, 2.05) is 24.3 Å². The molecule has 0 amide bonds. The molecular formula is C13H10FIN2O2. The second-order valence-electron chi connectivity index (χ2n) is 3.89. The smallest absolute Gasteiger partial charge is 0.274 e. The average Bonchev–Trinajstić information content (AvgIpc) is 2.38. The lowest BCUT2D eigenvalue weighted by atomic mass is 10.1. The molecule has 0 aliphatic carbocycles. The van der Waals surface area contributed by atoms with E-state index < -0.39 is 10.7 Å². The monoisotopic (exact) mass is 372 g/mol. The summed E-state index contributed by atoms with van der Waals surface area (Å²) < 4.78 is 14.2. The fourth-order valence-electron chi connectivity index (χ4n) is 1.64. The lowest BCUT2D eigenvalue weighted by Gasteiger charge is -2.07. The van der Waals surface area contributed by atoms with E-state index in [1.54, 1.807) is 0 Å². The highest BCUT2D eigenvalue weighted by Gasteiger charge is 2.13. The molecule has 0 radical (unpaired) electrons. The number of hydrogen-bond donors (Lipinski definition) is 1. The first kappa shape index (κ1) is 13.7. The van der Waals surface area contributed by atoms with E-state index in [1.165, 1.54) is 12.1 Å². The van der Waals surface area contributed by atoms with Crippen molar-refractivity contribution in [1.82, 2.24) is 0 Å². The van der Waals surface area contributed by atoms with Gasteiger partial charge in [-0.1, -0.05) is 0 Å². The Hall–Kier alpha value is -1.70. The number of anilines is 1. The summed E-state index contributed by atoms with van der Waals surface area (Å²) in [6.07, 6.45) is 0. The van der Waals surface area contributed by atoms with Crippen LogP contribution in [0.25, 0.3) is 0 Å². The molecule has 1 N–H and O–H groups in total. The van der Waals surface area contributed by atoms with E-state index in [2.05, 4.69) is 27.9 Å². The largest absolute Gasteiger partial charge is 0.381 e. The molecule has 0 bridgehead atoms. The van der Waals surface area contributed by atoms with Crippen LogP contribution in [0.2, 0.25) is 0 Å². The van der Waals surface area contributed by atoms with Gasteiger partial charge in [0.25, 0.3) is 5.69 Å². The molecule has 19 heavy (non-hydrogen) atoms. The summed E-state index contributed by atoms with van der Waals surface area (Å²) in [5.41, 5.74) is 1.07. The number of nitro benzene ring substituents is 1. The molecular weight excluding hydrogens is 362 g/mol. The summed E-state index contributed by atoms with van der Waals surface area (Å²) in [7, 11) is 0. The summed E-state index contributed by atoms with van der Waals surface area (Å²) >= 11 is 2.19. The summed E-state index contributed by atoms with van der Waals surface area (Å²) in [6, 6.07) is 11.0. The Balaban J connectivity index is 2.16. The number of halogens is 2. The van der Waals surface area contributed by atoms with Crippen molar-refractivity contribution in [3.63, 3.8) is 0 Å². The predicted octanol–water partition coefficient (Wildman–Crippen LogP) is 3.95. The number of benzene rings is 2. The van der Waals surface area contributed by atoms with E-state index in [0.717, 1.165) is 15.3 Å². The van der Waals surface area contributed by atoms with Gasteiger partial charge >= 0.3 is 0 Å². The van der Waals surface area contributed by atoms with Crippen molar-refractivity contribution in [3.05, 3.63) is 67.5 Å². The lowest BCUT2D eigenvalue weighted by molar-refractivity contribution is -0.385. The number of nitrogens with one attached hydrogen (secondary N) is 1. The average molecular weight is 372 g/mol. The third kappa shape index (κ3) is 3.63. The Kier molecular flexibility index (Phi) is 4.31. The van der Waals surface area contributed by atoms with Crippen LogP contribution in [0.15, 0.2) is 42.5 Å². The van der Waals surface area contributed by atoms with Crippen molar-refractivity contribution in [3.8, 4) is 0 Å². The Morgan fingerprint density at radius 1 is 1.21 bits per heavy atom. The van der Waals surface area contributed by atoms with Crippen LogP contribution >= 0.6 is 22.6 Å². The van der Waals surface area contributed by atoms with Crippen LogP contribution in [0, 0.1) is 19.5 Å². The minimum atomic E-state index is -0.510. The molecule has 98 valence electrons. The highest BCUT2D eigenvalue weighted by Crippen LogP contribution is 2.21. The SMILES string of the molecule is O=[N+]([O-])c1ccc(F)cc1CNc1ccc(I)cc1. The molecule has 0 aliphatic heterocycles. The Bertz CT molecular complexity index is 602. The van der Waals surface area contributed by atoms with Crippen LogP contribution in [-0.4, -0.2) is 4.92 Å². The summed E-state index contributed by atoms with van der Waals surface area (Å²) in [5.74, 6) is -0.481. The molecule has 0 saturated carbocycles. The van der Waals surface area contributed by atoms with Gasteiger partial charge in [-0.2, -0.15) is 0 Å². The van der Waals surface area contributed by atoms with Gasteiger partial charge in [0.1, 0.15) is 5.82 Å². The van der Waals surface area contributed by atoms with E-state index in [4.69, 9.17) is 0 Å². The van der Waals surface area contributed by atoms with Gasteiger partial charge in [-0.25, -0.2) is 4.39 Å². The quantitative estimate of drug-likeness (QED) is 0.502. The number of rotatable bonds is 4. The fourth-order valence-corrected chi connectivity index (χ4v) is 2.00. The van der Waals surface area contributed by atoms with Crippen LogP contribution in [0.1, 0.15) is 5.56 Å². The predicted molar refractivity (Wildman–Crippen MR) is 79.5 cm³/mol. The molecule has 0 aromatic heterocycles. The summed E-state index contributed by atoms with van der Waals surface area (Å²) in [5, 5.41) is 13.9. The van der Waals surface area contributed by atoms with Crippen molar-refractivity contribution in [2.24, 2.45) is 0 Å². The van der Waals surface area contributed by atoms with Gasteiger partial charge in [0.2, 0.25) is 0 Å². The van der Waals surface area contributed by atoms with Crippen LogP contribution in [0.5, 0.6) is 0 Å². The first-order chi connectivity index (χ1) is 9.06. The van der Waals surface area contributed by atoms with Crippen LogP contribution in [0.4, 0.5) is 15.8 Å². The Morgan fingerprint density at radius 2 is 1.89 bits per heavy atom. The van der Waals surface area contributed by atoms with E-state index in [9.17, 15) is 14.5 Å². The summed E-state index contributed by atoms with van der Waals surface area (Å²) in [4.78, 5) is 10.3. The topological polar surface area (TPSA) is 55.2 Å². The molecule has 0 heterocycles. The van der Waals surface area contributed by atoms with Crippen molar-refractivity contribution in [2.45, 2.75) is 6.54 Å². The van der Waals surface area contributed by atoms with Crippen molar-refractivity contribution < 1.29 is 9.31 Å². The zero-order chi connectivity index (χ0) is 13.8. The second-order valence-corrected chi connectivity index (χ2v) is 5.14. The van der Waals surface area contributed by atoms with E-state index in [-0.39, 0.29) is 12.2 Å². The van der Waals surface area contributed by atoms with Crippen molar-refractivity contribution in [1.29, 1.82) is 0 Å². The maximum atomic E-state index is 13.1. The molecule has 6 heteroatoms. The first-order valence-corrected chi connectivity index (χ1v) is 6.56. The van der Waals surface area contributed by atoms with Gasteiger partial charge < -0.3 is 5.32 Å². The molecule has 0 atom stereocenters. The molecule has 2 aromatic carbocycles. The maximum absolute atomic E-state index is 13.1. The fraction of sp³-hybridized carbons (Fsp3) is 0.0769. The zero-order valence-corrected chi connectivity index (χ0v) is 11.9. The third-order valence-corrected chi connectivity index (χ3v) is 3.28. The van der Waals surface area contributed by atoms with Crippen molar-refractivity contribution >= 4 is 34.0 Å². The summed E-state index contributed by atoms with van der Waals surface area (Å²) in [6.45, 7) is 0.203. The molecule has 0 unspecified atom stereocenters. The van der Waals surface area contributed by atoms with Gasteiger partial charge in [-0.15, -0.1) is 0 Å². The standard InChI is InChI=1S/C13H10FIN2O2/c14-10-1-6-13(17(18)19)9(7-10)8-16-12-4-2-11(15)3-5-12/h1-7,16H,8H2. The molecule has 0 aliphatic rings. The minimum absolute atomic E-state index is 0.0839. The highest BCUT2D eigenvalue weighted by molar-refractivity contribution is 14.1. The minimum Gasteiger partial charge on any atom is -0.381 e. The number of nitro groups is 1. The first-order valence-electron chi connectivity index (χ1n) is 5.48. The van der Waals surface area contributed by atoms with E-state index in [0.29, 0.717) is 5.56 Å². The molecule has 4 nitrogen and oxygen atoms in total. The van der Waals surface area contributed by atoms with Gasteiger partial charge in [0.05, 0.1) is 10.5 Å².